The summed E-state index contributed by atoms with van der Waals surface area (Å²) in [6.07, 6.45) is 0. The van der Waals surface area contributed by atoms with Crippen molar-refractivity contribution in [2.75, 3.05) is 5.32 Å². The van der Waals surface area contributed by atoms with Crippen molar-refractivity contribution in [2.24, 2.45) is 7.05 Å². The largest absolute Gasteiger partial charge is 0.343 e. The van der Waals surface area contributed by atoms with Gasteiger partial charge in [-0.25, -0.2) is 4.79 Å². The maximum Gasteiger partial charge on any atom is 0.319 e. The molecule has 0 atom stereocenters. The summed E-state index contributed by atoms with van der Waals surface area (Å²) in [4.78, 5) is 13.7. The predicted octanol–water partition coefficient (Wildman–Crippen LogP) is 6.19. The number of rotatable bonds is 4. The molecule has 0 aliphatic carbocycles. The molecule has 2 N–H and O–H groups in total. The van der Waals surface area contributed by atoms with E-state index in [2.05, 4.69) is 45.8 Å². The number of carbonyl (C=O) groups excluding carboxylic acids is 1. The molecule has 0 fully saturated rings. The first kappa shape index (κ1) is 18.6. The van der Waals surface area contributed by atoms with Crippen molar-refractivity contribution >= 4 is 45.6 Å². The van der Waals surface area contributed by atoms with Crippen LogP contribution < -0.4 is 10.6 Å². The Bertz CT molecular complexity index is 1150. The zero-order valence-electron chi connectivity index (χ0n) is 15.6. The number of nitrogens with zero attached hydrogens (tertiary/aromatic N) is 1. The number of benzene rings is 2. The van der Waals surface area contributed by atoms with Gasteiger partial charge in [0.1, 0.15) is 0 Å². The summed E-state index contributed by atoms with van der Waals surface area (Å²) in [6, 6.07) is 17.6. The van der Waals surface area contributed by atoms with Gasteiger partial charge in [-0.3, -0.25) is 0 Å². The number of halogens is 1. The molecular weight excluding hydrogens is 390 g/mol. The number of hydrogen-bond donors (Lipinski definition) is 2. The van der Waals surface area contributed by atoms with E-state index in [0.29, 0.717) is 17.3 Å². The molecule has 4 nitrogen and oxygen atoms in total. The van der Waals surface area contributed by atoms with Crippen LogP contribution in [0.2, 0.25) is 5.02 Å². The first-order valence-electron chi connectivity index (χ1n) is 8.96. The molecular formula is C22H20ClN3OS. The predicted molar refractivity (Wildman–Crippen MR) is 118 cm³/mol. The molecule has 6 heteroatoms. The maximum atomic E-state index is 12.5. The maximum absolute atomic E-state index is 12.5. The standard InChI is InChI=1S/C22H20ClN3OS/c1-14-17(23)8-5-9-18(14)25-22(27)24-13-16-15-7-3-4-10-19(15)26(2)21(16)20-11-6-12-28-20/h3-12H,13H2,1-2H3,(H2,24,25,27). The Morgan fingerprint density at radius 1 is 1.11 bits per heavy atom. The van der Waals surface area contributed by atoms with Gasteiger partial charge in [-0.2, -0.15) is 0 Å². The molecule has 2 amide bonds. The zero-order valence-corrected chi connectivity index (χ0v) is 17.2. The van der Waals surface area contributed by atoms with E-state index in [4.69, 9.17) is 11.6 Å². The molecule has 2 aromatic carbocycles. The van der Waals surface area contributed by atoms with E-state index in [1.54, 1.807) is 11.3 Å². The highest BCUT2D eigenvalue weighted by molar-refractivity contribution is 7.13. The topological polar surface area (TPSA) is 46.1 Å². The fraction of sp³-hybridized carbons (Fsp3) is 0.136. The average molecular weight is 410 g/mol. The molecule has 4 rings (SSSR count). The SMILES string of the molecule is Cc1c(Cl)cccc1NC(=O)NCc1c(-c2cccs2)n(C)c2ccccc12. The Morgan fingerprint density at radius 2 is 1.93 bits per heavy atom. The third-order valence-electron chi connectivity index (χ3n) is 4.91. The molecule has 0 radical (unpaired) electrons. The Kier molecular flexibility index (Phi) is 5.11. The molecule has 28 heavy (non-hydrogen) atoms. The molecule has 0 spiro atoms. The summed E-state index contributed by atoms with van der Waals surface area (Å²) in [5.41, 5.74) is 4.95. The van der Waals surface area contributed by atoms with Crippen molar-refractivity contribution in [3.05, 3.63) is 76.1 Å². The number of anilines is 1. The van der Waals surface area contributed by atoms with Gasteiger partial charge in [0.15, 0.2) is 0 Å². The lowest BCUT2D eigenvalue weighted by Crippen LogP contribution is -2.28. The molecule has 0 bridgehead atoms. The lowest BCUT2D eigenvalue weighted by Gasteiger charge is -2.12. The number of hydrogen-bond acceptors (Lipinski definition) is 2. The quantitative estimate of drug-likeness (QED) is 0.414. The molecule has 0 saturated carbocycles. The van der Waals surface area contributed by atoms with Gasteiger partial charge in [-0.15, -0.1) is 11.3 Å². The van der Waals surface area contributed by atoms with Crippen LogP contribution >= 0.6 is 22.9 Å². The highest BCUT2D eigenvalue weighted by atomic mass is 35.5. The second kappa shape index (κ2) is 7.70. The van der Waals surface area contributed by atoms with E-state index in [1.165, 1.54) is 4.88 Å². The van der Waals surface area contributed by atoms with Crippen molar-refractivity contribution in [3.8, 4) is 10.6 Å². The van der Waals surface area contributed by atoms with Crippen molar-refractivity contribution in [2.45, 2.75) is 13.5 Å². The Balaban J connectivity index is 1.62. The lowest BCUT2D eigenvalue weighted by atomic mass is 10.1. The molecule has 142 valence electrons. The minimum absolute atomic E-state index is 0.254. The van der Waals surface area contributed by atoms with E-state index in [-0.39, 0.29) is 6.03 Å². The number of nitrogens with one attached hydrogen (secondary N) is 2. The number of aryl methyl sites for hydroxylation is 1. The van der Waals surface area contributed by atoms with Gasteiger partial charge in [-0.05, 0) is 42.1 Å². The number of carbonyl (C=O) groups is 1. The van der Waals surface area contributed by atoms with Crippen LogP contribution in [0.3, 0.4) is 0 Å². The minimum atomic E-state index is -0.254. The van der Waals surface area contributed by atoms with Crippen LogP contribution in [0, 0.1) is 6.92 Å². The molecule has 0 saturated heterocycles. The monoisotopic (exact) mass is 409 g/mol. The van der Waals surface area contributed by atoms with Gasteiger partial charge in [0, 0.05) is 40.8 Å². The molecule has 2 heterocycles. The normalized spacial score (nSPS) is 11.0. The molecule has 2 aromatic heterocycles. The second-order valence-corrected chi connectivity index (χ2v) is 7.96. The summed E-state index contributed by atoms with van der Waals surface area (Å²) in [5.74, 6) is 0. The van der Waals surface area contributed by atoms with Gasteiger partial charge >= 0.3 is 6.03 Å². The molecule has 4 aromatic rings. The third-order valence-corrected chi connectivity index (χ3v) is 6.19. The average Bonchev–Trinajstić information content (AvgIpc) is 3.31. The van der Waals surface area contributed by atoms with E-state index in [1.807, 2.05) is 43.3 Å². The van der Waals surface area contributed by atoms with Gasteiger partial charge < -0.3 is 15.2 Å². The van der Waals surface area contributed by atoms with Gasteiger partial charge in [0.2, 0.25) is 0 Å². The van der Waals surface area contributed by atoms with Crippen LogP contribution in [0.4, 0.5) is 10.5 Å². The summed E-state index contributed by atoms with van der Waals surface area (Å²) in [5, 5.41) is 9.74. The number of aromatic nitrogens is 1. The van der Waals surface area contributed by atoms with Crippen LogP contribution in [0.25, 0.3) is 21.5 Å². The highest BCUT2D eigenvalue weighted by Crippen LogP contribution is 2.35. The summed E-state index contributed by atoms with van der Waals surface area (Å²) in [6.45, 7) is 2.32. The highest BCUT2D eigenvalue weighted by Gasteiger charge is 2.18. The van der Waals surface area contributed by atoms with Crippen molar-refractivity contribution < 1.29 is 4.79 Å². The fourth-order valence-corrected chi connectivity index (χ4v) is 4.46. The second-order valence-electron chi connectivity index (χ2n) is 6.60. The summed E-state index contributed by atoms with van der Waals surface area (Å²) < 4.78 is 2.19. The van der Waals surface area contributed by atoms with Crippen LogP contribution in [0.1, 0.15) is 11.1 Å². The minimum Gasteiger partial charge on any atom is -0.343 e. The summed E-state index contributed by atoms with van der Waals surface area (Å²) >= 11 is 7.84. The van der Waals surface area contributed by atoms with E-state index >= 15 is 0 Å². The fourth-order valence-electron chi connectivity index (χ4n) is 3.46. The van der Waals surface area contributed by atoms with Crippen LogP contribution in [-0.4, -0.2) is 10.6 Å². The number of amides is 2. The number of fused-ring (bicyclic) bond motifs is 1. The first-order valence-corrected chi connectivity index (χ1v) is 10.2. The van der Waals surface area contributed by atoms with E-state index in [0.717, 1.165) is 27.7 Å². The van der Waals surface area contributed by atoms with Crippen LogP contribution in [0.5, 0.6) is 0 Å². The number of para-hydroxylation sites is 1. The van der Waals surface area contributed by atoms with Gasteiger partial charge in [-0.1, -0.05) is 41.9 Å². The molecule has 0 aliphatic heterocycles. The summed E-state index contributed by atoms with van der Waals surface area (Å²) in [7, 11) is 2.07. The first-order chi connectivity index (χ1) is 13.6. The van der Waals surface area contributed by atoms with Gasteiger partial charge in [0.05, 0.1) is 10.6 Å². The molecule has 0 unspecified atom stereocenters. The number of thiophene rings is 1. The van der Waals surface area contributed by atoms with E-state index < -0.39 is 0 Å². The third kappa shape index (κ3) is 3.39. The lowest BCUT2D eigenvalue weighted by molar-refractivity contribution is 0.252. The van der Waals surface area contributed by atoms with Gasteiger partial charge in [0.25, 0.3) is 0 Å². The van der Waals surface area contributed by atoms with Crippen LogP contribution in [-0.2, 0) is 13.6 Å². The van der Waals surface area contributed by atoms with Crippen LogP contribution in [0.15, 0.2) is 60.0 Å². The van der Waals surface area contributed by atoms with E-state index in [9.17, 15) is 4.79 Å². The van der Waals surface area contributed by atoms with Crippen molar-refractivity contribution in [1.29, 1.82) is 0 Å². The molecule has 0 aliphatic rings. The Hall–Kier alpha value is -2.76. The number of urea groups is 1. The van der Waals surface area contributed by atoms with Crippen molar-refractivity contribution in [1.82, 2.24) is 9.88 Å². The Labute approximate surface area is 172 Å². The van der Waals surface area contributed by atoms with Crippen molar-refractivity contribution in [3.63, 3.8) is 0 Å². The smallest absolute Gasteiger partial charge is 0.319 e. The zero-order chi connectivity index (χ0) is 19.7. The Morgan fingerprint density at radius 3 is 2.71 bits per heavy atom.